The summed E-state index contributed by atoms with van der Waals surface area (Å²) in [6.07, 6.45) is 2.20. The maximum absolute atomic E-state index is 11.9. The van der Waals surface area contributed by atoms with Gasteiger partial charge in [0.15, 0.2) is 0 Å². The average Bonchev–Trinajstić information content (AvgIpc) is 2.51. The molecule has 0 bridgehead atoms. The fraction of sp³-hybridized carbons (Fsp3) is 0.308. The topological polar surface area (TPSA) is 61.2 Å². The van der Waals surface area contributed by atoms with Crippen LogP contribution < -0.4 is 4.90 Å². The molecule has 2 rings (SSSR count). The van der Waals surface area contributed by atoms with Gasteiger partial charge in [-0.05, 0) is 25.0 Å². The van der Waals surface area contributed by atoms with Crippen molar-refractivity contribution in [2.75, 3.05) is 4.90 Å². The molecule has 1 aliphatic heterocycles. The van der Waals surface area contributed by atoms with Crippen LogP contribution in [0.25, 0.3) is 0 Å². The average molecular weight is 228 g/mol. The first-order valence-corrected chi connectivity index (χ1v) is 5.59. The highest BCUT2D eigenvalue weighted by molar-refractivity contribution is 6.15. The molecular weight excluding hydrogens is 216 g/mol. The maximum Gasteiger partial charge on any atom is 0.233 e. The van der Waals surface area contributed by atoms with E-state index in [0.717, 1.165) is 17.7 Å². The number of nitrogens with zero attached hydrogens (tertiary/aromatic N) is 2. The third kappa shape index (κ3) is 2.18. The van der Waals surface area contributed by atoms with Gasteiger partial charge in [-0.3, -0.25) is 9.59 Å². The van der Waals surface area contributed by atoms with Gasteiger partial charge in [-0.15, -0.1) is 0 Å². The van der Waals surface area contributed by atoms with E-state index in [0.29, 0.717) is 24.1 Å². The van der Waals surface area contributed by atoms with Gasteiger partial charge < -0.3 is 0 Å². The summed E-state index contributed by atoms with van der Waals surface area (Å²) in [4.78, 5) is 24.9. The summed E-state index contributed by atoms with van der Waals surface area (Å²) in [5, 5.41) is 8.99. The van der Waals surface area contributed by atoms with Crippen LogP contribution in [0.2, 0.25) is 0 Å². The lowest BCUT2D eigenvalue weighted by Crippen LogP contribution is -2.35. The molecule has 0 atom stereocenters. The van der Waals surface area contributed by atoms with Crippen LogP contribution >= 0.6 is 0 Å². The van der Waals surface area contributed by atoms with Crippen LogP contribution in [-0.4, -0.2) is 11.8 Å². The number of carbonyl (C=O) groups excluding carboxylic acids is 2. The number of anilines is 1. The first-order chi connectivity index (χ1) is 8.24. The molecule has 1 aromatic carbocycles. The largest absolute Gasteiger partial charge is 0.274 e. The number of para-hydroxylation sites is 1. The van der Waals surface area contributed by atoms with Crippen LogP contribution in [-0.2, 0) is 9.59 Å². The number of hydrogen-bond donors (Lipinski definition) is 0. The van der Waals surface area contributed by atoms with E-state index in [9.17, 15) is 9.59 Å². The summed E-state index contributed by atoms with van der Waals surface area (Å²) in [6, 6.07) is 8.70. The van der Waals surface area contributed by atoms with Gasteiger partial charge in [0.25, 0.3) is 0 Å². The molecule has 0 spiro atoms. The minimum Gasteiger partial charge on any atom is -0.274 e. The zero-order valence-electron chi connectivity index (χ0n) is 9.35. The normalized spacial score (nSPS) is 16.5. The molecule has 86 valence electrons. The second-order valence-corrected chi connectivity index (χ2v) is 3.96. The predicted molar refractivity (Wildman–Crippen MR) is 62.1 cm³/mol. The van der Waals surface area contributed by atoms with Gasteiger partial charge in [0, 0.05) is 12.8 Å². The van der Waals surface area contributed by atoms with Crippen LogP contribution in [0.5, 0.6) is 0 Å². The van der Waals surface area contributed by atoms with E-state index >= 15 is 0 Å². The summed E-state index contributed by atoms with van der Waals surface area (Å²) >= 11 is 0. The van der Waals surface area contributed by atoms with Gasteiger partial charge in [-0.1, -0.05) is 12.1 Å². The highest BCUT2D eigenvalue weighted by atomic mass is 16.2. The molecule has 1 heterocycles. The molecule has 4 nitrogen and oxygen atoms in total. The van der Waals surface area contributed by atoms with E-state index in [-0.39, 0.29) is 11.8 Å². The Morgan fingerprint density at radius 1 is 1.06 bits per heavy atom. The van der Waals surface area contributed by atoms with Gasteiger partial charge in [-0.2, -0.15) is 5.26 Å². The van der Waals surface area contributed by atoms with Gasteiger partial charge in [0.05, 0.1) is 11.3 Å². The summed E-state index contributed by atoms with van der Waals surface area (Å²) < 4.78 is 0. The SMILES string of the molecule is N#Cc1ccccc1N1C(=O)CCCCC1=O. The van der Waals surface area contributed by atoms with Crippen LogP contribution in [0.15, 0.2) is 24.3 Å². The van der Waals surface area contributed by atoms with Crippen molar-refractivity contribution in [1.29, 1.82) is 5.26 Å². The number of amides is 2. The molecule has 0 aromatic heterocycles. The molecule has 0 radical (unpaired) electrons. The number of nitriles is 1. The number of hydrogen-bond acceptors (Lipinski definition) is 3. The summed E-state index contributed by atoms with van der Waals surface area (Å²) in [5.41, 5.74) is 0.767. The molecule has 2 amide bonds. The first-order valence-electron chi connectivity index (χ1n) is 5.59. The monoisotopic (exact) mass is 228 g/mol. The fourth-order valence-electron chi connectivity index (χ4n) is 1.95. The van der Waals surface area contributed by atoms with Crippen molar-refractivity contribution in [3.05, 3.63) is 29.8 Å². The highest BCUT2D eigenvalue weighted by Gasteiger charge is 2.27. The van der Waals surface area contributed by atoms with E-state index in [4.69, 9.17) is 5.26 Å². The van der Waals surface area contributed by atoms with E-state index in [1.807, 2.05) is 6.07 Å². The Labute approximate surface area is 99.5 Å². The predicted octanol–water partition coefficient (Wildman–Crippen LogP) is 1.99. The molecule has 17 heavy (non-hydrogen) atoms. The summed E-state index contributed by atoms with van der Waals surface area (Å²) in [7, 11) is 0. The van der Waals surface area contributed by atoms with Gasteiger partial charge in [0.2, 0.25) is 11.8 Å². The zero-order chi connectivity index (χ0) is 12.3. The van der Waals surface area contributed by atoms with Gasteiger partial charge >= 0.3 is 0 Å². The Hall–Kier alpha value is -2.15. The van der Waals surface area contributed by atoms with Gasteiger partial charge in [0.1, 0.15) is 6.07 Å². The minimum absolute atomic E-state index is 0.213. The van der Waals surface area contributed by atoms with Crippen LogP contribution in [0.1, 0.15) is 31.2 Å². The zero-order valence-corrected chi connectivity index (χ0v) is 9.35. The smallest absolute Gasteiger partial charge is 0.233 e. The number of rotatable bonds is 1. The Kier molecular flexibility index (Phi) is 3.20. The van der Waals surface area contributed by atoms with Crippen molar-refractivity contribution >= 4 is 17.5 Å². The third-order valence-corrected chi connectivity index (χ3v) is 2.80. The second kappa shape index (κ2) is 4.79. The molecule has 0 N–H and O–H groups in total. The molecule has 1 aliphatic rings. The summed E-state index contributed by atoms with van der Waals surface area (Å²) in [5.74, 6) is -0.426. The van der Waals surface area contributed by atoms with E-state index in [1.54, 1.807) is 24.3 Å². The van der Waals surface area contributed by atoms with Gasteiger partial charge in [-0.25, -0.2) is 4.90 Å². The minimum atomic E-state index is -0.213. The molecule has 0 unspecified atom stereocenters. The Bertz CT molecular complexity index is 484. The lowest BCUT2D eigenvalue weighted by Gasteiger charge is -2.19. The van der Waals surface area contributed by atoms with Crippen LogP contribution in [0.4, 0.5) is 5.69 Å². The molecule has 1 fully saturated rings. The number of imide groups is 1. The highest BCUT2D eigenvalue weighted by Crippen LogP contribution is 2.24. The lowest BCUT2D eigenvalue weighted by molar-refractivity contribution is -0.125. The van der Waals surface area contributed by atoms with E-state index in [2.05, 4.69) is 0 Å². The standard InChI is InChI=1S/C13H12N2O2/c14-9-10-5-1-2-6-11(10)15-12(16)7-3-4-8-13(15)17/h1-2,5-6H,3-4,7-8H2. The molecule has 0 aliphatic carbocycles. The quantitative estimate of drug-likeness (QED) is 0.690. The Morgan fingerprint density at radius 3 is 2.24 bits per heavy atom. The van der Waals surface area contributed by atoms with Crippen molar-refractivity contribution in [2.45, 2.75) is 25.7 Å². The van der Waals surface area contributed by atoms with E-state index < -0.39 is 0 Å². The fourth-order valence-corrected chi connectivity index (χ4v) is 1.95. The number of carbonyl (C=O) groups is 2. The molecule has 4 heteroatoms. The lowest BCUT2D eigenvalue weighted by atomic mass is 10.1. The third-order valence-electron chi connectivity index (χ3n) is 2.80. The first kappa shape index (κ1) is 11.3. The summed E-state index contributed by atoms with van der Waals surface area (Å²) in [6.45, 7) is 0. The van der Waals surface area contributed by atoms with Crippen molar-refractivity contribution < 1.29 is 9.59 Å². The second-order valence-electron chi connectivity index (χ2n) is 3.96. The van der Waals surface area contributed by atoms with Crippen LogP contribution in [0.3, 0.4) is 0 Å². The van der Waals surface area contributed by atoms with Crippen molar-refractivity contribution in [3.63, 3.8) is 0 Å². The molecular formula is C13H12N2O2. The molecule has 1 aromatic rings. The maximum atomic E-state index is 11.9. The van der Waals surface area contributed by atoms with Crippen LogP contribution in [0, 0.1) is 11.3 Å². The Balaban J connectivity index is 2.46. The molecule has 0 saturated carbocycles. The van der Waals surface area contributed by atoms with Crippen molar-refractivity contribution in [1.82, 2.24) is 0 Å². The Morgan fingerprint density at radius 2 is 1.65 bits per heavy atom. The van der Waals surface area contributed by atoms with Crippen molar-refractivity contribution in [2.24, 2.45) is 0 Å². The van der Waals surface area contributed by atoms with Crippen molar-refractivity contribution in [3.8, 4) is 6.07 Å². The van der Waals surface area contributed by atoms with E-state index in [1.165, 1.54) is 0 Å². The molecule has 1 saturated heterocycles. The number of benzene rings is 1.